The molecule has 0 unspecified atom stereocenters. The van der Waals surface area contributed by atoms with Crippen molar-refractivity contribution in [3.63, 3.8) is 0 Å². The lowest BCUT2D eigenvalue weighted by Crippen LogP contribution is -2.14. The molecule has 0 atom stereocenters. The normalized spacial score (nSPS) is 10.6. The van der Waals surface area contributed by atoms with Gasteiger partial charge in [-0.2, -0.15) is 4.98 Å². The van der Waals surface area contributed by atoms with E-state index in [-0.39, 0.29) is 5.82 Å². The Labute approximate surface area is 115 Å². The lowest BCUT2D eigenvalue weighted by Gasteiger charge is -2.00. The van der Waals surface area contributed by atoms with Crippen LogP contribution in [0.4, 0.5) is 5.82 Å². The number of carbonyl (C=O) groups is 1. The van der Waals surface area contributed by atoms with E-state index >= 15 is 0 Å². The minimum atomic E-state index is -0.430. The third kappa shape index (κ3) is 2.43. The van der Waals surface area contributed by atoms with Crippen LogP contribution in [0.25, 0.3) is 5.78 Å². The van der Waals surface area contributed by atoms with Gasteiger partial charge in [0.2, 0.25) is 5.82 Å². The smallest absolute Gasteiger partial charge is 0.296 e. The summed E-state index contributed by atoms with van der Waals surface area (Å²) in [5.41, 5.74) is 0. The van der Waals surface area contributed by atoms with Crippen molar-refractivity contribution in [3.05, 3.63) is 47.1 Å². The second-order valence-electron chi connectivity index (χ2n) is 3.62. The van der Waals surface area contributed by atoms with Crippen molar-refractivity contribution in [2.24, 2.45) is 0 Å². The number of nitrogens with zero attached hydrogens (tertiary/aromatic N) is 5. The monoisotopic (exact) mass is 318 g/mol. The molecule has 94 valence electrons. The molecule has 19 heavy (non-hydrogen) atoms. The van der Waals surface area contributed by atoms with Gasteiger partial charge in [-0.15, -0.1) is 5.10 Å². The Morgan fingerprint density at radius 1 is 1.32 bits per heavy atom. The average Bonchev–Trinajstić information content (AvgIpc) is 2.85. The van der Waals surface area contributed by atoms with E-state index in [1.165, 1.54) is 4.52 Å². The summed E-state index contributed by atoms with van der Waals surface area (Å²) in [5.74, 6) is 0.417. The van der Waals surface area contributed by atoms with E-state index in [0.717, 1.165) is 4.47 Å². The number of nitrogens with one attached hydrogen (secondary N) is 1. The molecular formula is C11H7BrN6O. The molecule has 0 fully saturated rings. The zero-order chi connectivity index (χ0) is 13.2. The van der Waals surface area contributed by atoms with Crippen LogP contribution in [-0.2, 0) is 0 Å². The first-order valence-electron chi connectivity index (χ1n) is 5.33. The van der Waals surface area contributed by atoms with Crippen LogP contribution < -0.4 is 5.32 Å². The Balaban J connectivity index is 1.85. The van der Waals surface area contributed by atoms with Crippen molar-refractivity contribution in [1.29, 1.82) is 0 Å². The topological polar surface area (TPSA) is 85.1 Å². The Hall–Kier alpha value is -2.35. The molecule has 0 aromatic carbocycles. The maximum atomic E-state index is 11.9. The van der Waals surface area contributed by atoms with Crippen molar-refractivity contribution >= 4 is 33.4 Å². The average molecular weight is 319 g/mol. The van der Waals surface area contributed by atoms with Gasteiger partial charge in [0.05, 0.1) is 0 Å². The molecule has 8 heteroatoms. The first kappa shape index (κ1) is 11.7. The number of rotatable bonds is 2. The number of pyridine rings is 1. The number of aromatic nitrogens is 5. The molecule has 0 radical (unpaired) electrons. The summed E-state index contributed by atoms with van der Waals surface area (Å²) >= 11 is 3.27. The van der Waals surface area contributed by atoms with Crippen molar-refractivity contribution in [2.45, 2.75) is 0 Å². The molecule has 7 nitrogen and oxygen atoms in total. The molecule has 0 aliphatic rings. The molecule has 0 aliphatic carbocycles. The van der Waals surface area contributed by atoms with E-state index in [1.54, 1.807) is 36.8 Å². The Bertz CT molecular complexity index is 705. The molecule has 0 aliphatic heterocycles. The summed E-state index contributed by atoms with van der Waals surface area (Å²) in [5, 5.41) is 6.63. The minimum absolute atomic E-state index is 0.0448. The van der Waals surface area contributed by atoms with Gasteiger partial charge in [-0.1, -0.05) is 0 Å². The van der Waals surface area contributed by atoms with Gasteiger partial charge >= 0.3 is 0 Å². The second-order valence-corrected chi connectivity index (χ2v) is 4.53. The van der Waals surface area contributed by atoms with Gasteiger partial charge in [0.25, 0.3) is 11.7 Å². The quantitative estimate of drug-likeness (QED) is 0.774. The van der Waals surface area contributed by atoms with Gasteiger partial charge in [0.1, 0.15) is 5.82 Å². The molecular weight excluding hydrogens is 312 g/mol. The van der Waals surface area contributed by atoms with Crippen LogP contribution in [0.1, 0.15) is 10.6 Å². The summed E-state index contributed by atoms with van der Waals surface area (Å²) in [4.78, 5) is 24.0. The van der Waals surface area contributed by atoms with E-state index in [1.807, 2.05) is 0 Å². The zero-order valence-electron chi connectivity index (χ0n) is 9.49. The SMILES string of the molecule is O=C(Nc1ccc(Br)cn1)c1nc2ncccn2n1. The van der Waals surface area contributed by atoms with Crippen LogP contribution in [0, 0.1) is 0 Å². The van der Waals surface area contributed by atoms with Gasteiger partial charge in [0.15, 0.2) is 0 Å². The van der Waals surface area contributed by atoms with Crippen LogP contribution in [0.3, 0.4) is 0 Å². The molecule has 3 rings (SSSR count). The fourth-order valence-electron chi connectivity index (χ4n) is 1.45. The van der Waals surface area contributed by atoms with Crippen LogP contribution >= 0.6 is 15.9 Å². The van der Waals surface area contributed by atoms with Crippen molar-refractivity contribution in [1.82, 2.24) is 24.6 Å². The highest BCUT2D eigenvalue weighted by Crippen LogP contribution is 2.11. The number of hydrogen-bond donors (Lipinski definition) is 1. The molecule has 1 N–H and O–H groups in total. The van der Waals surface area contributed by atoms with Gasteiger partial charge in [-0.25, -0.2) is 14.5 Å². The van der Waals surface area contributed by atoms with E-state index in [2.05, 4.69) is 41.3 Å². The highest BCUT2D eigenvalue weighted by Gasteiger charge is 2.13. The number of halogens is 1. The number of carbonyl (C=O) groups excluding carboxylic acids is 1. The maximum absolute atomic E-state index is 11.9. The van der Waals surface area contributed by atoms with Gasteiger partial charge in [-0.3, -0.25) is 4.79 Å². The fourth-order valence-corrected chi connectivity index (χ4v) is 1.69. The first-order valence-corrected chi connectivity index (χ1v) is 6.12. The predicted molar refractivity (Wildman–Crippen MR) is 70.7 cm³/mol. The molecule has 0 saturated carbocycles. The third-order valence-corrected chi connectivity index (χ3v) is 2.76. The van der Waals surface area contributed by atoms with Gasteiger partial charge < -0.3 is 5.32 Å². The lowest BCUT2D eigenvalue weighted by molar-refractivity contribution is 0.101. The number of amides is 1. The fraction of sp³-hybridized carbons (Fsp3) is 0. The molecule has 0 spiro atoms. The second kappa shape index (κ2) is 4.73. The van der Waals surface area contributed by atoms with E-state index in [9.17, 15) is 4.79 Å². The summed E-state index contributed by atoms with van der Waals surface area (Å²) in [6, 6.07) is 5.16. The van der Waals surface area contributed by atoms with Crippen molar-refractivity contribution in [3.8, 4) is 0 Å². The number of fused-ring (bicyclic) bond motifs is 1. The lowest BCUT2D eigenvalue weighted by atomic mass is 10.4. The standard InChI is InChI=1S/C11H7BrN6O/c12-7-2-3-8(14-6-7)15-10(19)9-16-11-13-4-1-5-18(11)17-9/h1-6H,(H,14,15,19). The van der Waals surface area contributed by atoms with Gasteiger partial charge in [0, 0.05) is 23.1 Å². The van der Waals surface area contributed by atoms with E-state index < -0.39 is 5.91 Å². The van der Waals surface area contributed by atoms with E-state index in [4.69, 9.17) is 0 Å². The highest BCUT2D eigenvalue weighted by atomic mass is 79.9. The summed E-state index contributed by atoms with van der Waals surface area (Å²) in [6.45, 7) is 0. The Kier molecular flexibility index (Phi) is 2.92. The summed E-state index contributed by atoms with van der Waals surface area (Å²) in [6.07, 6.45) is 4.85. The largest absolute Gasteiger partial charge is 0.304 e. The molecule has 3 heterocycles. The molecule has 1 amide bonds. The van der Waals surface area contributed by atoms with E-state index in [0.29, 0.717) is 11.6 Å². The third-order valence-electron chi connectivity index (χ3n) is 2.29. The van der Waals surface area contributed by atoms with Crippen LogP contribution in [0.5, 0.6) is 0 Å². The molecule has 0 bridgehead atoms. The maximum Gasteiger partial charge on any atom is 0.296 e. The van der Waals surface area contributed by atoms with Crippen molar-refractivity contribution < 1.29 is 4.79 Å². The zero-order valence-corrected chi connectivity index (χ0v) is 11.1. The van der Waals surface area contributed by atoms with Crippen molar-refractivity contribution in [2.75, 3.05) is 5.32 Å². The van der Waals surface area contributed by atoms with Crippen LogP contribution in [0.2, 0.25) is 0 Å². The minimum Gasteiger partial charge on any atom is -0.304 e. The summed E-state index contributed by atoms with van der Waals surface area (Å²) < 4.78 is 2.27. The highest BCUT2D eigenvalue weighted by molar-refractivity contribution is 9.10. The first-order chi connectivity index (χ1) is 9.22. The molecule has 3 aromatic rings. The Morgan fingerprint density at radius 3 is 2.95 bits per heavy atom. The molecule has 0 saturated heterocycles. The summed E-state index contributed by atoms with van der Waals surface area (Å²) in [7, 11) is 0. The number of anilines is 1. The van der Waals surface area contributed by atoms with Crippen LogP contribution in [-0.4, -0.2) is 30.5 Å². The Morgan fingerprint density at radius 2 is 2.21 bits per heavy atom. The predicted octanol–water partition coefficient (Wildman–Crippen LogP) is 1.53. The van der Waals surface area contributed by atoms with Crippen LogP contribution in [0.15, 0.2) is 41.3 Å². The van der Waals surface area contributed by atoms with Gasteiger partial charge in [-0.05, 0) is 34.1 Å². The number of hydrogen-bond acceptors (Lipinski definition) is 5. The molecule has 3 aromatic heterocycles.